The van der Waals surface area contributed by atoms with Gasteiger partial charge in [0, 0.05) is 5.56 Å². The molecule has 0 saturated heterocycles. The molecular formula is C15H17N3O2. The predicted octanol–water partition coefficient (Wildman–Crippen LogP) is 2.66. The fourth-order valence-corrected chi connectivity index (χ4v) is 1.93. The van der Waals surface area contributed by atoms with Gasteiger partial charge < -0.3 is 10.1 Å². The molecule has 0 saturated carbocycles. The monoisotopic (exact) mass is 271 g/mol. The summed E-state index contributed by atoms with van der Waals surface area (Å²) < 4.78 is 5.00. The third kappa shape index (κ3) is 2.93. The van der Waals surface area contributed by atoms with Gasteiger partial charge in [0.05, 0.1) is 24.2 Å². The lowest BCUT2D eigenvalue weighted by Gasteiger charge is -2.11. The SMILES string of the molecule is COc1nc(C)c(NC(=O)c2cccc(C)c2)c(C)n1. The molecule has 2 rings (SSSR count). The lowest BCUT2D eigenvalue weighted by atomic mass is 10.1. The molecule has 0 aliphatic carbocycles. The molecule has 1 aromatic heterocycles. The summed E-state index contributed by atoms with van der Waals surface area (Å²) in [7, 11) is 1.51. The van der Waals surface area contributed by atoms with E-state index in [0.717, 1.165) is 5.56 Å². The van der Waals surface area contributed by atoms with Crippen molar-refractivity contribution >= 4 is 11.6 Å². The van der Waals surface area contributed by atoms with Crippen molar-refractivity contribution in [2.24, 2.45) is 0 Å². The van der Waals surface area contributed by atoms with Crippen molar-refractivity contribution in [3.8, 4) is 6.01 Å². The quantitative estimate of drug-likeness (QED) is 0.932. The van der Waals surface area contributed by atoms with Crippen molar-refractivity contribution < 1.29 is 9.53 Å². The van der Waals surface area contributed by atoms with E-state index in [9.17, 15) is 4.79 Å². The molecule has 1 N–H and O–H groups in total. The van der Waals surface area contributed by atoms with E-state index in [0.29, 0.717) is 28.6 Å². The van der Waals surface area contributed by atoms with Crippen LogP contribution >= 0.6 is 0 Å². The number of nitrogens with one attached hydrogen (secondary N) is 1. The Kier molecular flexibility index (Phi) is 3.98. The molecule has 1 amide bonds. The number of nitrogens with zero attached hydrogens (tertiary/aromatic N) is 2. The first-order valence-electron chi connectivity index (χ1n) is 6.28. The number of anilines is 1. The largest absolute Gasteiger partial charge is 0.467 e. The summed E-state index contributed by atoms with van der Waals surface area (Å²) in [5.74, 6) is -0.173. The number of ether oxygens (including phenoxy) is 1. The number of hydrogen-bond donors (Lipinski definition) is 1. The molecule has 1 aromatic carbocycles. The fourth-order valence-electron chi connectivity index (χ4n) is 1.93. The highest BCUT2D eigenvalue weighted by atomic mass is 16.5. The normalized spacial score (nSPS) is 10.2. The average Bonchev–Trinajstić information content (AvgIpc) is 2.42. The van der Waals surface area contributed by atoms with Gasteiger partial charge in [-0.1, -0.05) is 17.7 Å². The van der Waals surface area contributed by atoms with Gasteiger partial charge in [-0.2, -0.15) is 9.97 Å². The third-order valence-corrected chi connectivity index (χ3v) is 2.95. The lowest BCUT2D eigenvalue weighted by Crippen LogP contribution is -2.15. The zero-order valence-electron chi connectivity index (χ0n) is 12.0. The maximum absolute atomic E-state index is 12.2. The molecule has 0 aliphatic heterocycles. The molecule has 1 heterocycles. The van der Waals surface area contributed by atoms with Gasteiger partial charge in [0.25, 0.3) is 5.91 Å². The highest BCUT2D eigenvalue weighted by Gasteiger charge is 2.13. The molecule has 20 heavy (non-hydrogen) atoms. The molecule has 0 radical (unpaired) electrons. The van der Waals surface area contributed by atoms with E-state index in [1.807, 2.05) is 39.0 Å². The Morgan fingerprint density at radius 2 is 1.80 bits per heavy atom. The van der Waals surface area contributed by atoms with E-state index in [1.165, 1.54) is 7.11 Å². The second-order valence-corrected chi connectivity index (χ2v) is 4.58. The van der Waals surface area contributed by atoms with Gasteiger partial charge in [-0.3, -0.25) is 4.79 Å². The van der Waals surface area contributed by atoms with Crippen molar-refractivity contribution in [2.45, 2.75) is 20.8 Å². The average molecular weight is 271 g/mol. The van der Waals surface area contributed by atoms with Crippen LogP contribution in [0.25, 0.3) is 0 Å². The Hall–Kier alpha value is -2.43. The number of hydrogen-bond acceptors (Lipinski definition) is 4. The van der Waals surface area contributed by atoms with Crippen LogP contribution in [0.5, 0.6) is 6.01 Å². The molecule has 0 aliphatic rings. The molecule has 0 spiro atoms. The Morgan fingerprint density at radius 1 is 1.15 bits per heavy atom. The van der Waals surface area contributed by atoms with Gasteiger partial charge in [0.1, 0.15) is 0 Å². The summed E-state index contributed by atoms with van der Waals surface area (Å²) in [6, 6.07) is 7.72. The number of benzene rings is 1. The minimum atomic E-state index is -0.173. The molecule has 0 bridgehead atoms. The number of rotatable bonds is 3. The van der Waals surface area contributed by atoms with E-state index < -0.39 is 0 Å². The van der Waals surface area contributed by atoms with Crippen LogP contribution in [0.15, 0.2) is 24.3 Å². The van der Waals surface area contributed by atoms with Crippen LogP contribution in [-0.4, -0.2) is 23.0 Å². The maximum atomic E-state index is 12.2. The first-order valence-corrected chi connectivity index (χ1v) is 6.28. The number of carbonyl (C=O) groups is 1. The van der Waals surface area contributed by atoms with Crippen molar-refractivity contribution in [3.63, 3.8) is 0 Å². The van der Waals surface area contributed by atoms with Crippen LogP contribution in [0.4, 0.5) is 5.69 Å². The van der Waals surface area contributed by atoms with E-state index in [1.54, 1.807) is 6.07 Å². The van der Waals surface area contributed by atoms with E-state index in [4.69, 9.17) is 4.74 Å². The first-order chi connectivity index (χ1) is 9.51. The van der Waals surface area contributed by atoms with E-state index >= 15 is 0 Å². The van der Waals surface area contributed by atoms with Crippen LogP contribution in [0.2, 0.25) is 0 Å². The van der Waals surface area contributed by atoms with Gasteiger partial charge in [-0.25, -0.2) is 0 Å². The van der Waals surface area contributed by atoms with Crippen LogP contribution in [0, 0.1) is 20.8 Å². The van der Waals surface area contributed by atoms with Crippen LogP contribution < -0.4 is 10.1 Å². The van der Waals surface area contributed by atoms with Crippen LogP contribution in [0.1, 0.15) is 27.3 Å². The summed E-state index contributed by atoms with van der Waals surface area (Å²) in [6.45, 7) is 5.57. The molecular weight excluding hydrogens is 254 g/mol. The molecule has 5 heteroatoms. The van der Waals surface area contributed by atoms with Gasteiger partial charge in [-0.05, 0) is 32.9 Å². The van der Waals surface area contributed by atoms with E-state index in [2.05, 4.69) is 15.3 Å². The molecule has 2 aromatic rings. The van der Waals surface area contributed by atoms with Crippen LogP contribution in [0.3, 0.4) is 0 Å². The van der Waals surface area contributed by atoms with Crippen molar-refractivity contribution in [3.05, 3.63) is 46.8 Å². The summed E-state index contributed by atoms with van der Waals surface area (Å²) in [5.41, 5.74) is 3.62. The van der Waals surface area contributed by atoms with Gasteiger partial charge >= 0.3 is 6.01 Å². The Labute approximate surface area is 118 Å². The Bertz CT molecular complexity index is 630. The topological polar surface area (TPSA) is 64.1 Å². The fraction of sp³-hybridized carbons (Fsp3) is 0.267. The zero-order chi connectivity index (χ0) is 14.7. The third-order valence-electron chi connectivity index (χ3n) is 2.95. The number of aromatic nitrogens is 2. The molecule has 5 nitrogen and oxygen atoms in total. The first kappa shape index (κ1) is 14.0. The van der Waals surface area contributed by atoms with Crippen molar-refractivity contribution in [1.82, 2.24) is 9.97 Å². The zero-order valence-corrected chi connectivity index (χ0v) is 12.0. The highest BCUT2D eigenvalue weighted by Crippen LogP contribution is 2.20. The van der Waals surface area contributed by atoms with Crippen molar-refractivity contribution in [2.75, 3.05) is 12.4 Å². The second-order valence-electron chi connectivity index (χ2n) is 4.58. The lowest BCUT2D eigenvalue weighted by molar-refractivity contribution is 0.102. The maximum Gasteiger partial charge on any atom is 0.316 e. The van der Waals surface area contributed by atoms with E-state index in [-0.39, 0.29) is 5.91 Å². The predicted molar refractivity (Wildman–Crippen MR) is 77.2 cm³/mol. The standard InChI is InChI=1S/C15H17N3O2/c1-9-6-5-7-12(8-9)14(19)18-13-10(2)16-15(20-4)17-11(13)3/h5-8H,1-4H3,(H,18,19). The minimum Gasteiger partial charge on any atom is -0.467 e. The van der Waals surface area contributed by atoms with Gasteiger partial charge in [0.15, 0.2) is 0 Å². The minimum absolute atomic E-state index is 0.173. The summed E-state index contributed by atoms with van der Waals surface area (Å²) >= 11 is 0. The number of amides is 1. The molecule has 0 unspecified atom stereocenters. The van der Waals surface area contributed by atoms with Crippen molar-refractivity contribution in [1.29, 1.82) is 0 Å². The summed E-state index contributed by atoms with van der Waals surface area (Å²) in [5, 5.41) is 2.85. The molecule has 104 valence electrons. The highest BCUT2D eigenvalue weighted by molar-refractivity contribution is 6.04. The summed E-state index contributed by atoms with van der Waals surface area (Å²) in [6.07, 6.45) is 0. The van der Waals surface area contributed by atoms with Gasteiger partial charge in [0.2, 0.25) is 0 Å². The molecule has 0 atom stereocenters. The number of aryl methyl sites for hydroxylation is 3. The van der Waals surface area contributed by atoms with Gasteiger partial charge in [-0.15, -0.1) is 0 Å². The Balaban J connectivity index is 2.28. The smallest absolute Gasteiger partial charge is 0.316 e. The second kappa shape index (κ2) is 5.69. The number of carbonyl (C=O) groups excluding carboxylic acids is 1. The van der Waals surface area contributed by atoms with Crippen LogP contribution in [-0.2, 0) is 0 Å². The summed E-state index contributed by atoms with van der Waals surface area (Å²) in [4.78, 5) is 20.6. The molecule has 0 fully saturated rings. The Morgan fingerprint density at radius 3 is 2.35 bits per heavy atom. The number of methoxy groups -OCH3 is 1.